The SMILES string of the molecule is [c]1cc2c(s1)CCCN2. The van der Waals surface area contributed by atoms with Gasteiger partial charge in [0.2, 0.25) is 0 Å². The van der Waals surface area contributed by atoms with Gasteiger partial charge in [0.05, 0.1) is 0 Å². The van der Waals surface area contributed by atoms with Gasteiger partial charge in [-0.3, -0.25) is 0 Å². The van der Waals surface area contributed by atoms with E-state index in [0.29, 0.717) is 0 Å². The first kappa shape index (κ1) is 5.30. The third kappa shape index (κ3) is 0.833. The summed E-state index contributed by atoms with van der Waals surface area (Å²) in [6.07, 6.45) is 2.53. The quantitative estimate of drug-likeness (QED) is 0.577. The number of fused-ring (bicyclic) bond motifs is 1. The lowest BCUT2D eigenvalue weighted by Gasteiger charge is -2.11. The standard InChI is InChI=1S/C7H8NS/c1-2-7-6(8-4-1)3-5-9-7/h3,8H,1-2,4H2. The first-order valence-electron chi connectivity index (χ1n) is 3.19. The molecule has 1 aromatic heterocycles. The van der Waals surface area contributed by atoms with E-state index in [1.165, 1.54) is 23.4 Å². The molecule has 0 aromatic carbocycles. The van der Waals surface area contributed by atoms with Crippen molar-refractivity contribution in [1.82, 2.24) is 0 Å². The molecule has 1 aliphatic rings. The third-order valence-corrected chi connectivity index (χ3v) is 2.49. The molecule has 2 rings (SSSR count). The van der Waals surface area contributed by atoms with Gasteiger partial charge in [0.15, 0.2) is 0 Å². The molecule has 1 N–H and O–H groups in total. The van der Waals surface area contributed by atoms with Crippen LogP contribution in [0.15, 0.2) is 6.07 Å². The molecule has 9 heavy (non-hydrogen) atoms. The molecule has 1 aliphatic heterocycles. The highest BCUT2D eigenvalue weighted by atomic mass is 32.1. The number of aryl methyl sites for hydroxylation is 1. The highest BCUT2D eigenvalue weighted by Crippen LogP contribution is 2.25. The average molecular weight is 138 g/mol. The molecule has 0 spiro atoms. The van der Waals surface area contributed by atoms with Crippen LogP contribution in [-0.4, -0.2) is 6.54 Å². The summed E-state index contributed by atoms with van der Waals surface area (Å²) in [5.74, 6) is 0. The molecule has 0 amide bonds. The smallest absolute Gasteiger partial charge is 0.0488 e. The van der Waals surface area contributed by atoms with Crippen molar-refractivity contribution in [2.45, 2.75) is 12.8 Å². The normalized spacial score (nSPS) is 16.4. The number of nitrogens with one attached hydrogen (secondary N) is 1. The van der Waals surface area contributed by atoms with E-state index in [9.17, 15) is 0 Å². The van der Waals surface area contributed by atoms with Crippen molar-refractivity contribution in [1.29, 1.82) is 0 Å². The molecule has 0 atom stereocenters. The summed E-state index contributed by atoms with van der Waals surface area (Å²) < 4.78 is 0. The predicted molar refractivity (Wildman–Crippen MR) is 40.0 cm³/mol. The van der Waals surface area contributed by atoms with Crippen molar-refractivity contribution in [2.75, 3.05) is 11.9 Å². The molecule has 0 saturated carbocycles. The summed E-state index contributed by atoms with van der Waals surface area (Å²) in [5, 5.41) is 6.44. The van der Waals surface area contributed by atoms with Gasteiger partial charge >= 0.3 is 0 Å². The van der Waals surface area contributed by atoms with Crippen LogP contribution < -0.4 is 5.32 Å². The van der Waals surface area contributed by atoms with E-state index >= 15 is 0 Å². The van der Waals surface area contributed by atoms with Crippen molar-refractivity contribution >= 4 is 17.0 Å². The van der Waals surface area contributed by atoms with E-state index in [0.717, 1.165) is 6.54 Å². The summed E-state index contributed by atoms with van der Waals surface area (Å²) >= 11 is 1.74. The average Bonchev–Trinajstić information content (AvgIpc) is 2.33. The Morgan fingerprint density at radius 2 is 2.67 bits per heavy atom. The fourth-order valence-electron chi connectivity index (χ4n) is 1.10. The molecule has 0 fully saturated rings. The van der Waals surface area contributed by atoms with Crippen LogP contribution in [-0.2, 0) is 6.42 Å². The Morgan fingerprint density at radius 3 is 3.56 bits per heavy atom. The van der Waals surface area contributed by atoms with Crippen LogP contribution in [0.4, 0.5) is 5.69 Å². The number of rotatable bonds is 0. The maximum atomic E-state index is 3.32. The lowest BCUT2D eigenvalue weighted by Crippen LogP contribution is -2.08. The summed E-state index contributed by atoms with van der Waals surface area (Å²) in [5.41, 5.74) is 1.31. The van der Waals surface area contributed by atoms with Crippen molar-refractivity contribution in [2.24, 2.45) is 0 Å². The van der Waals surface area contributed by atoms with Crippen LogP contribution in [0.1, 0.15) is 11.3 Å². The van der Waals surface area contributed by atoms with Crippen LogP contribution in [0.2, 0.25) is 0 Å². The summed E-state index contributed by atoms with van der Waals surface area (Å²) in [6.45, 7) is 1.14. The van der Waals surface area contributed by atoms with E-state index in [1.54, 1.807) is 11.3 Å². The lowest BCUT2D eigenvalue weighted by atomic mass is 10.2. The minimum Gasteiger partial charge on any atom is -0.384 e. The Hall–Kier alpha value is -0.500. The van der Waals surface area contributed by atoms with Gasteiger partial charge in [-0.1, -0.05) is 0 Å². The highest BCUT2D eigenvalue weighted by molar-refractivity contribution is 7.10. The molecule has 0 bridgehead atoms. The molecule has 1 nitrogen and oxygen atoms in total. The van der Waals surface area contributed by atoms with Crippen LogP contribution >= 0.6 is 11.3 Å². The van der Waals surface area contributed by atoms with Gasteiger partial charge in [-0.15, -0.1) is 11.3 Å². The van der Waals surface area contributed by atoms with Gasteiger partial charge in [-0.05, 0) is 18.9 Å². The second kappa shape index (κ2) is 2.03. The van der Waals surface area contributed by atoms with Crippen LogP contribution in [0, 0.1) is 5.38 Å². The van der Waals surface area contributed by atoms with Gasteiger partial charge in [0, 0.05) is 22.5 Å². The Balaban J connectivity index is 2.39. The van der Waals surface area contributed by atoms with E-state index in [4.69, 9.17) is 0 Å². The van der Waals surface area contributed by atoms with Gasteiger partial charge in [0.25, 0.3) is 0 Å². The fraction of sp³-hybridized carbons (Fsp3) is 0.429. The molecule has 0 unspecified atom stereocenters. The molecule has 0 saturated heterocycles. The third-order valence-electron chi connectivity index (χ3n) is 1.58. The zero-order valence-corrected chi connectivity index (χ0v) is 5.92. The molecule has 47 valence electrons. The maximum absolute atomic E-state index is 3.32. The molecule has 1 radical (unpaired) electrons. The zero-order valence-electron chi connectivity index (χ0n) is 5.11. The molecular weight excluding hydrogens is 130 g/mol. The molecule has 2 heteroatoms. The first-order chi connectivity index (χ1) is 4.47. The maximum Gasteiger partial charge on any atom is 0.0488 e. The summed E-state index contributed by atoms with van der Waals surface area (Å²) in [7, 11) is 0. The zero-order chi connectivity index (χ0) is 6.10. The van der Waals surface area contributed by atoms with E-state index in [-0.39, 0.29) is 0 Å². The Kier molecular flexibility index (Phi) is 1.19. The largest absolute Gasteiger partial charge is 0.384 e. The first-order valence-corrected chi connectivity index (χ1v) is 4.01. The second-order valence-electron chi connectivity index (χ2n) is 2.23. The van der Waals surface area contributed by atoms with E-state index in [1.807, 2.05) is 6.07 Å². The van der Waals surface area contributed by atoms with E-state index in [2.05, 4.69) is 10.7 Å². The monoisotopic (exact) mass is 138 g/mol. The molecular formula is C7H8NS. The molecule has 2 heterocycles. The summed E-state index contributed by atoms with van der Waals surface area (Å²) in [6, 6.07) is 2.04. The number of hydrogen-bond donors (Lipinski definition) is 1. The van der Waals surface area contributed by atoms with Gasteiger partial charge in [-0.2, -0.15) is 0 Å². The summed E-state index contributed by atoms with van der Waals surface area (Å²) in [4.78, 5) is 1.47. The number of anilines is 1. The van der Waals surface area contributed by atoms with Gasteiger partial charge < -0.3 is 5.32 Å². The number of thiophene rings is 1. The molecule has 0 aliphatic carbocycles. The Bertz CT molecular complexity index is 184. The lowest BCUT2D eigenvalue weighted by molar-refractivity contribution is 0.846. The van der Waals surface area contributed by atoms with Crippen molar-refractivity contribution < 1.29 is 0 Å². The van der Waals surface area contributed by atoms with E-state index < -0.39 is 0 Å². The van der Waals surface area contributed by atoms with Gasteiger partial charge in [-0.25, -0.2) is 0 Å². The minimum atomic E-state index is 1.14. The van der Waals surface area contributed by atoms with Crippen molar-refractivity contribution in [3.8, 4) is 0 Å². The predicted octanol–water partition coefficient (Wildman–Crippen LogP) is 1.91. The fourth-order valence-corrected chi connectivity index (χ4v) is 1.91. The molecule has 1 aromatic rings. The van der Waals surface area contributed by atoms with Gasteiger partial charge in [0.1, 0.15) is 0 Å². The van der Waals surface area contributed by atoms with Crippen molar-refractivity contribution in [3.63, 3.8) is 0 Å². The topological polar surface area (TPSA) is 12.0 Å². The van der Waals surface area contributed by atoms with Crippen LogP contribution in [0.3, 0.4) is 0 Å². The minimum absolute atomic E-state index is 1.14. The highest BCUT2D eigenvalue weighted by Gasteiger charge is 2.07. The Morgan fingerprint density at radius 1 is 1.67 bits per heavy atom. The second-order valence-corrected chi connectivity index (χ2v) is 3.16. The Labute approximate surface area is 58.7 Å². The van der Waals surface area contributed by atoms with Crippen molar-refractivity contribution in [3.05, 3.63) is 16.3 Å². The number of hydrogen-bond acceptors (Lipinski definition) is 2. The van der Waals surface area contributed by atoms with Crippen LogP contribution in [0.5, 0.6) is 0 Å². The van der Waals surface area contributed by atoms with Crippen LogP contribution in [0.25, 0.3) is 0 Å².